The Labute approximate surface area is 207 Å². The Kier molecular flexibility index (Phi) is 6.94. The minimum absolute atomic E-state index is 0. The van der Waals surface area contributed by atoms with E-state index in [2.05, 4.69) is 48.7 Å². The fourth-order valence-electron chi connectivity index (χ4n) is 4.12. The molecule has 5 aromatic rings. The van der Waals surface area contributed by atoms with Crippen LogP contribution >= 0.6 is 0 Å². The standard InChI is InChI=1S/C25H23N7O3.H3N/c1-2-6-19-17(4-1)5-3-7-20(19)22-23(29-25-24(28-22)30-35-31-25)27-21-9-8-18(16-26-21)34-15-12-32-10-13-33-14-11-32;/h1-9,16H,10-15H2,(H,26,27,29,31);1H3. The number of benzene rings is 2. The molecule has 0 atom stereocenters. The Hall–Kier alpha value is -4.19. The minimum atomic E-state index is 0. The fraction of sp³-hybridized carbons (Fsp3) is 0.240. The third kappa shape index (κ3) is 4.93. The predicted octanol–water partition coefficient (Wildman–Crippen LogP) is 3.84. The summed E-state index contributed by atoms with van der Waals surface area (Å²) in [7, 11) is 0. The van der Waals surface area contributed by atoms with E-state index in [-0.39, 0.29) is 6.15 Å². The highest BCUT2D eigenvalue weighted by Gasteiger charge is 2.17. The highest BCUT2D eigenvalue weighted by atomic mass is 16.6. The molecule has 4 heterocycles. The van der Waals surface area contributed by atoms with Gasteiger partial charge in [-0.05, 0) is 33.2 Å². The van der Waals surface area contributed by atoms with Crippen molar-refractivity contribution in [1.82, 2.24) is 36.3 Å². The van der Waals surface area contributed by atoms with Gasteiger partial charge in [-0.3, -0.25) is 4.90 Å². The van der Waals surface area contributed by atoms with Gasteiger partial charge in [0.15, 0.2) is 5.82 Å². The van der Waals surface area contributed by atoms with Crippen LogP contribution in [0.1, 0.15) is 0 Å². The maximum Gasteiger partial charge on any atom is 0.245 e. The molecule has 2 aromatic carbocycles. The van der Waals surface area contributed by atoms with E-state index in [0.29, 0.717) is 41.0 Å². The zero-order valence-electron chi connectivity index (χ0n) is 19.6. The zero-order valence-corrected chi connectivity index (χ0v) is 19.6. The molecule has 0 amide bonds. The monoisotopic (exact) mass is 486 g/mol. The summed E-state index contributed by atoms with van der Waals surface area (Å²) in [6.07, 6.45) is 1.70. The summed E-state index contributed by atoms with van der Waals surface area (Å²) < 4.78 is 16.1. The Morgan fingerprint density at radius 2 is 1.72 bits per heavy atom. The summed E-state index contributed by atoms with van der Waals surface area (Å²) in [5, 5.41) is 13.2. The zero-order chi connectivity index (χ0) is 23.5. The van der Waals surface area contributed by atoms with E-state index in [1.165, 1.54) is 0 Å². The van der Waals surface area contributed by atoms with E-state index in [0.717, 1.165) is 49.2 Å². The molecule has 0 radical (unpaired) electrons. The van der Waals surface area contributed by atoms with Crippen molar-refractivity contribution >= 4 is 33.7 Å². The van der Waals surface area contributed by atoms with Crippen LogP contribution in [0.4, 0.5) is 11.6 Å². The van der Waals surface area contributed by atoms with Crippen LogP contribution in [0.25, 0.3) is 33.3 Å². The lowest BCUT2D eigenvalue weighted by atomic mass is 10.0. The fourth-order valence-corrected chi connectivity index (χ4v) is 4.12. The maximum absolute atomic E-state index is 5.87. The van der Waals surface area contributed by atoms with Crippen molar-refractivity contribution in [3.8, 4) is 17.0 Å². The molecule has 36 heavy (non-hydrogen) atoms. The second kappa shape index (κ2) is 10.6. The third-order valence-electron chi connectivity index (χ3n) is 5.92. The molecule has 0 bridgehead atoms. The van der Waals surface area contributed by atoms with Crippen molar-refractivity contribution in [1.29, 1.82) is 0 Å². The van der Waals surface area contributed by atoms with Gasteiger partial charge in [-0.25, -0.2) is 19.6 Å². The Morgan fingerprint density at radius 3 is 2.56 bits per heavy atom. The van der Waals surface area contributed by atoms with Gasteiger partial charge in [-0.15, -0.1) is 0 Å². The first-order valence-corrected chi connectivity index (χ1v) is 11.5. The average Bonchev–Trinajstić information content (AvgIpc) is 3.37. The summed E-state index contributed by atoms with van der Waals surface area (Å²) in [4.78, 5) is 16.1. The van der Waals surface area contributed by atoms with Gasteiger partial charge in [-0.2, -0.15) is 0 Å². The summed E-state index contributed by atoms with van der Waals surface area (Å²) in [5.74, 6) is 1.83. The first kappa shape index (κ1) is 23.5. The number of hydrogen-bond acceptors (Lipinski definition) is 11. The van der Waals surface area contributed by atoms with Crippen LogP contribution < -0.4 is 16.2 Å². The second-order valence-electron chi connectivity index (χ2n) is 8.17. The lowest BCUT2D eigenvalue weighted by Crippen LogP contribution is -2.38. The molecule has 0 unspecified atom stereocenters. The van der Waals surface area contributed by atoms with Crippen LogP contribution in [0.3, 0.4) is 0 Å². The molecule has 1 saturated heterocycles. The molecule has 0 aliphatic carbocycles. The van der Waals surface area contributed by atoms with E-state index in [9.17, 15) is 0 Å². The van der Waals surface area contributed by atoms with Crippen molar-refractivity contribution in [2.24, 2.45) is 0 Å². The van der Waals surface area contributed by atoms with Crippen molar-refractivity contribution < 1.29 is 14.1 Å². The number of pyridine rings is 1. The molecule has 0 spiro atoms. The van der Waals surface area contributed by atoms with Crippen LogP contribution in [-0.4, -0.2) is 69.6 Å². The van der Waals surface area contributed by atoms with E-state index in [1.807, 2.05) is 36.4 Å². The normalized spacial score (nSPS) is 14.0. The molecule has 184 valence electrons. The molecule has 1 fully saturated rings. The quantitative estimate of drug-likeness (QED) is 0.346. The molecule has 11 nitrogen and oxygen atoms in total. The van der Waals surface area contributed by atoms with Gasteiger partial charge >= 0.3 is 0 Å². The average molecular weight is 487 g/mol. The van der Waals surface area contributed by atoms with Crippen molar-refractivity contribution in [2.75, 3.05) is 44.8 Å². The Balaban J connectivity index is 0.00000267. The van der Waals surface area contributed by atoms with Gasteiger partial charge in [0.05, 0.1) is 19.4 Å². The largest absolute Gasteiger partial charge is 0.491 e. The number of hydrogen-bond donors (Lipinski definition) is 2. The molecule has 0 saturated carbocycles. The first-order chi connectivity index (χ1) is 17.3. The molecule has 6 rings (SSSR count). The van der Waals surface area contributed by atoms with E-state index in [1.54, 1.807) is 6.20 Å². The molecule has 1 aliphatic heterocycles. The van der Waals surface area contributed by atoms with Crippen LogP contribution in [0.15, 0.2) is 65.4 Å². The van der Waals surface area contributed by atoms with Gasteiger partial charge < -0.3 is 20.9 Å². The molecule has 1 aliphatic rings. The number of anilines is 2. The Bertz CT molecular complexity index is 1450. The number of fused-ring (bicyclic) bond motifs is 2. The topological polar surface area (TPSA) is 146 Å². The van der Waals surface area contributed by atoms with E-state index >= 15 is 0 Å². The predicted molar refractivity (Wildman–Crippen MR) is 136 cm³/mol. The molecular formula is C25H26N8O3. The Morgan fingerprint density at radius 1 is 0.917 bits per heavy atom. The summed E-state index contributed by atoms with van der Waals surface area (Å²) >= 11 is 0. The highest BCUT2D eigenvalue weighted by molar-refractivity contribution is 5.99. The molecule has 4 N–H and O–H groups in total. The SMILES string of the molecule is N.c1ccc2c(-c3nc4nonc4nc3Nc3ccc(OCCN4CCOCC4)cn3)cccc2c1. The first-order valence-electron chi connectivity index (χ1n) is 11.5. The van der Waals surface area contributed by atoms with Gasteiger partial charge in [0, 0.05) is 25.2 Å². The van der Waals surface area contributed by atoms with Crippen molar-refractivity contribution in [2.45, 2.75) is 0 Å². The van der Waals surface area contributed by atoms with Crippen molar-refractivity contribution in [3.05, 3.63) is 60.8 Å². The number of morpholine rings is 1. The van der Waals surface area contributed by atoms with E-state index < -0.39 is 0 Å². The smallest absolute Gasteiger partial charge is 0.245 e. The lowest BCUT2D eigenvalue weighted by molar-refractivity contribution is 0.0322. The number of nitrogens with one attached hydrogen (secondary N) is 1. The van der Waals surface area contributed by atoms with Gasteiger partial charge in [0.1, 0.15) is 23.9 Å². The van der Waals surface area contributed by atoms with Gasteiger partial charge in [0.2, 0.25) is 11.3 Å². The summed E-state index contributed by atoms with van der Waals surface area (Å²) in [6.45, 7) is 4.90. The lowest BCUT2D eigenvalue weighted by Gasteiger charge is -2.26. The van der Waals surface area contributed by atoms with Crippen molar-refractivity contribution in [3.63, 3.8) is 0 Å². The van der Waals surface area contributed by atoms with Gasteiger partial charge in [0.25, 0.3) is 0 Å². The van der Waals surface area contributed by atoms with E-state index in [4.69, 9.17) is 19.1 Å². The van der Waals surface area contributed by atoms with Crippen LogP contribution in [0, 0.1) is 0 Å². The summed E-state index contributed by atoms with van der Waals surface area (Å²) in [5.41, 5.74) is 2.22. The maximum atomic E-state index is 5.87. The number of nitrogens with zero attached hydrogens (tertiary/aromatic N) is 6. The molecule has 3 aromatic heterocycles. The molecule has 11 heteroatoms. The number of rotatable bonds is 7. The summed E-state index contributed by atoms with van der Waals surface area (Å²) in [6, 6.07) is 17.9. The van der Waals surface area contributed by atoms with Crippen LogP contribution in [-0.2, 0) is 4.74 Å². The van der Waals surface area contributed by atoms with Gasteiger partial charge in [-0.1, -0.05) is 42.5 Å². The van der Waals surface area contributed by atoms with Crippen LogP contribution in [0.5, 0.6) is 5.75 Å². The number of aromatic nitrogens is 5. The van der Waals surface area contributed by atoms with Crippen LogP contribution in [0.2, 0.25) is 0 Å². The third-order valence-corrected chi connectivity index (χ3v) is 5.92. The highest BCUT2D eigenvalue weighted by Crippen LogP contribution is 2.33. The number of ether oxygens (including phenoxy) is 2. The minimum Gasteiger partial charge on any atom is -0.491 e. The molecular weight excluding hydrogens is 460 g/mol. The second-order valence-corrected chi connectivity index (χ2v) is 8.17.